The summed E-state index contributed by atoms with van der Waals surface area (Å²) in [6.07, 6.45) is -0.195. The fourth-order valence-corrected chi connectivity index (χ4v) is 3.35. The number of likely N-dealkylation sites (N-methyl/N-ethyl adjacent to an activating group) is 1. The Morgan fingerprint density at radius 3 is 2.62 bits per heavy atom. The van der Waals surface area contributed by atoms with Gasteiger partial charge in [0.2, 0.25) is 10.0 Å². The molecule has 0 spiro atoms. The fourth-order valence-electron chi connectivity index (χ4n) is 2.01. The molecule has 0 aromatic heterocycles. The number of hydrogen-bond donors (Lipinski definition) is 1. The van der Waals surface area contributed by atoms with Gasteiger partial charge in [-0.15, -0.1) is 0 Å². The summed E-state index contributed by atoms with van der Waals surface area (Å²) in [6, 6.07) is 5.78. The van der Waals surface area contributed by atoms with E-state index < -0.39 is 16.0 Å². The maximum atomic E-state index is 12.1. The highest BCUT2D eigenvalue weighted by molar-refractivity contribution is 7.89. The first kappa shape index (κ1) is 22.1. The van der Waals surface area contributed by atoms with Crippen LogP contribution >= 0.6 is 11.6 Å². The molecule has 1 aromatic rings. The number of nitrogens with zero attached hydrogens (tertiary/aromatic N) is 1. The molecule has 0 heterocycles. The van der Waals surface area contributed by atoms with Crippen molar-refractivity contribution < 1.29 is 22.7 Å². The Labute approximate surface area is 159 Å². The Kier molecular flexibility index (Phi) is 8.77. The Balaban J connectivity index is 2.42. The molecule has 9 heteroatoms. The summed E-state index contributed by atoms with van der Waals surface area (Å²) < 4.78 is 31.3. The smallest absolute Gasteiger partial charge is 0.307 e. The summed E-state index contributed by atoms with van der Waals surface area (Å²) in [5.41, 5.74) is 0.821. The molecule has 0 aliphatic carbocycles. The van der Waals surface area contributed by atoms with E-state index in [1.54, 1.807) is 13.0 Å². The fraction of sp³-hybridized carbons (Fsp3) is 0.412. The van der Waals surface area contributed by atoms with Crippen LogP contribution in [0.25, 0.3) is 0 Å². The number of sulfonamides is 1. The zero-order chi connectivity index (χ0) is 19.7. The molecule has 1 rings (SSSR count). The van der Waals surface area contributed by atoms with Gasteiger partial charge in [-0.3, -0.25) is 9.59 Å². The molecule has 0 fully saturated rings. The van der Waals surface area contributed by atoms with E-state index in [9.17, 15) is 18.0 Å². The van der Waals surface area contributed by atoms with Gasteiger partial charge in [0.1, 0.15) is 0 Å². The summed E-state index contributed by atoms with van der Waals surface area (Å²) in [7, 11) is -3.77. The number of benzene rings is 1. The quantitative estimate of drug-likeness (QED) is 0.477. The van der Waals surface area contributed by atoms with Crippen molar-refractivity contribution in [2.75, 3.05) is 26.2 Å². The Morgan fingerprint density at radius 1 is 1.35 bits per heavy atom. The highest BCUT2D eigenvalue weighted by Gasteiger charge is 2.17. The minimum absolute atomic E-state index is 0.00641. The van der Waals surface area contributed by atoms with Crippen LogP contribution in [0.5, 0.6) is 0 Å². The zero-order valence-electron chi connectivity index (χ0n) is 14.8. The second kappa shape index (κ2) is 10.3. The number of hydrogen-bond acceptors (Lipinski definition) is 5. The molecule has 0 radical (unpaired) electrons. The number of rotatable bonds is 10. The van der Waals surface area contributed by atoms with Crippen molar-refractivity contribution in [1.82, 2.24) is 9.62 Å². The second-order valence-electron chi connectivity index (χ2n) is 5.63. The van der Waals surface area contributed by atoms with Crippen LogP contribution in [0.1, 0.15) is 20.3 Å². The molecule has 144 valence electrons. The van der Waals surface area contributed by atoms with Crippen molar-refractivity contribution in [1.29, 1.82) is 0 Å². The lowest BCUT2D eigenvalue weighted by Crippen LogP contribution is -2.36. The molecule has 0 bridgehead atoms. The number of esters is 1. The largest absolute Gasteiger partial charge is 0.456 e. The average molecular weight is 403 g/mol. The van der Waals surface area contributed by atoms with Crippen molar-refractivity contribution in [2.45, 2.75) is 25.2 Å². The summed E-state index contributed by atoms with van der Waals surface area (Å²) >= 11 is 5.77. The SMILES string of the molecule is C=C(C)CN(CC)C(=O)COC(=O)CCNS(=O)(=O)c1cccc(Cl)c1. The molecular weight excluding hydrogens is 380 g/mol. The molecule has 0 unspecified atom stereocenters. The molecule has 1 N–H and O–H groups in total. The van der Waals surface area contributed by atoms with E-state index in [1.807, 2.05) is 6.92 Å². The monoisotopic (exact) mass is 402 g/mol. The number of ether oxygens (including phenoxy) is 1. The standard InChI is InChI=1S/C17H23ClN2O5S/c1-4-20(11-13(2)3)16(21)12-25-17(22)8-9-19-26(23,24)15-7-5-6-14(18)10-15/h5-7,10,19H,2,4,8-9,11-12H2,1,3H3. The Morgan fingerprint density at radius 2 is 2.04 bits per heavy atom. The lowest BCUT2D eigenvalue weighted by molar-refractivity contribution is -0.151. The number of amides is 1. The summed E-state index contributed by atoms with van der Waals surface area (Å²) in [6.45, 7) is 7.69. The Hall–Kier alpha value is -1.90. The average Bonchev–Trinajstić information content (AvgIpc) is 2.57. The van der Waals surface area contributed by atoms with Crippen molar-refractivity contribution in [3.8, 4) is 0 Å². The minimum atomic E-state index is -3.77. The van der Waals surface area contributed by atoms with E-state index in [-0.39, 0.29) is 30.4 Å². The normalized spacial score (nSPS) is 11.0. The van der Waals surface area contributed by atoms with Crippen LogP contribution in [-0.2, 0) is 24.3 Å². The molecule has 1 aromatic carbocycles. The van der Waals surface area contributed by atoms with Gasteiger partial charge in [-0.1, -0.05) is 29.8 Å². The molecule has 0 atom stereocenters. The molecule has 7 nitrogen and oxygen atoms in total. The number of carbonyl (C=O) groups excluding carboxylic acids is 2. The van der Waals surface area contributed by atoms with Crippen LogP contribution in [0.3, 0.4) is 0 Å². The molecule has 0 aliphatic heterocycles. The second-order valence-corrected chi connectivity index (χ2v) is 7.83. The minimum Gasteiger partial charge on any atom is -0.456 e. The molecule has 1 amide bonds. The maximum absolute atomic E-state index is 12.1. The van der Waals surface area contributed by atoms with Crippen LogP contribution in [0.15, 0.2) is 41.3 Å². The third-order valence-electron chi connectivity index (χ3n) is 3.28. The van der Waals surface area contributed by atoms with Crippen LogP contribution < -0.4 is 4.72 Å². The van der Waals surface area contributed by atoms with Gasteiger partial charge in [-0.25, -0.2) is 13.1 Å². The third kappa shape index (κ3) is 7.55. The maximum Gasteiger partial charge on any atom is 0.307 e. The summed E-state index contributed by atoms with van der Waals surface area (Å²) in [5, 5.41) is 0.293. The van der Waals surface area contributed by atoms with E-state index in [0.29, 0.717) is 18.1 Å². The Bertz CT molecular complexity index is 764. The van der Waals surface area contributed by atoms with Crippen molar-refractivity contribution >= 4 is 33.5 Å². The van der Waals surface area contributed by atoms with Gasteiger partial charge < -0.3 is 9.64 Å². The van der Waals surface area contributed by atoms with Gasteiger partial charge in [0.15, 0.2) is 6.61 Å². The first-order valence-corrected chi connectivity index (χ1v) is 9.85. The van der Waals surface area contributed by atoms with E-state index in [4.69, 9.17) is 16.3 Å². The van der Waals surface area contributed by atoms with E-state index >= 15 is 0 Å². The molecular formula is C17H23ClN2O5S. The van der Waals surface area contributed by atoms with Crippen molar-refractivity contribution in [2.24, 2.45) is 0 Å². The zero-order valence-corrected chi connectivity index (χ0v) is 16.4. The van der Waals surface area contributed by atoms with Gasteiger partial charge >= 0.3 is 5.97 Å². The highest BCUT2D eigenvalue weighted by atomic mass is 35.5. The van der Waals surface area contributed by atoms with E-state index in [2.05, 4.69) is 11.3 Å². The third-order valence-corrected chi connectivity index (χ3v) is 4.97. The van der Waals surface area contributed by atoms with Crippen molar-refractivity contribution in [3.63, 3.8) is 0 Å². The van der Waals surface area contributed by atoms with Crippen LogP contribution in [0.2, 0.25) is 5.02 Å². The first-order valence-electron chi connectivity index (χ1n) is 7.98. The van der Waals surface area contributed by atoms with E-state index in [1.165, 1.54) is 23.1 Å². The van der Waals surface area contributed by atoms with Crippen LogP contribution in [-0.4, -0.2) is 51.4 Å². The van der Waals surface area contributed by atoms with Gasteiger partial charge in [-0.2, -0.15) is 0 Å². The molecule has 0 saturated carbocycles. The first-order chi connectivity index (χ1) is 12.2. The van der Waals surface area contributed by atoms with Gasteiger partial charge in [-0.05, 0) is 32.0 Å². The lowest BCUT2D eigenvalue weighted by Gasteiger charge is -2.20. The molecule has 0 aliphatic rings. The summed E-state index contributed by atoms with van der Waals surface area (Å²) in [4.78, 5) is 25.2. The highest BCUT2D eigenvalue weighted by Crippen LogP contribution is 2.15. The predicted octanol–water partition coefficient (Wildman–Crippen LogP) is 1.98. The predicted molar refractivity (Wildman–Crippen MR) is 99.3 cm³/mol. The number of carbonyl (C=O) groups is 2. The molecule has 0 saturated heterocycles. The van der Waals surface area contributed by atoms with Crippen molar-refractivity contribution in [3.05, 3.63) is 41.4 Å². The van der Waals surface area contributed by atoms with E-state index in [0.717, 1.165) is 5.57 Å². The topological polar surface area (TPSA) is 92.8 Å². The number of nitrogens with one attached hydrogen (secondary N) is 1. The van der Waals surface area contributed by atoms with Gasteiger partial charge in [0, 0.05) is 24.7 Å². The lowest BCUT2D eigenvalue weighted by atomic mass is 10.3. The van der Waals surface area contributed by atoms with Crippen LogP contribution in [0.4, 0.5) is 0 Å². The van der Waals surface area contributed by atoms with Gasteiger partial charge in [0.05, 0.1) is 11.3 Å². The number of halogens is 1. The summed E-state index contributed by atoms with van der Waals surface area (Å²) in [5.74, 6) is -0.998. The van der Waals surface area contributed by atoms with Crippen LogP contribution in [0, 0.1) is 0 Å². The van der Waals surface area contributed by atoms with Gasteiger partial charge in [0.25, 0.3) is 5.91 Å². The molecule has 26 heavy (non-hydrogen) atoms.